The Kier molecular flexibility index (Phi) is 4.79. The summed E-state index contributed by atoms with van der Waals surface area (Å²) in [5.74, 6) is -0.413. The standard InChI is InChI=1S/C20H17N3O2S2/c1-2-25-20(24)17-16(21)15(18(27-17)22-12-8-4-3-5-9-12)19-23-13-10-6-7-11-14(13)26-19/h3-11,22H,2,21H2,1H3. The van der Waals surface area contributed by atoms with E-state index in [0.29, 0.717) is 17.2 Å². The molecule has 0 amide bonds. The van der Waals surface area contributed by atoms with Gasteiger partial charge in [0, 0.05) is 5.69 Å². The van der Waals surface area contributed by atoms with Crippen molar-refractivity contribution in [3.05, 3.63) is 59.5 Å². The molecule has 0 bridgehead atoms. The molecule has 5 nitrogen and oxygen atoms in total. The van der Waals surface area contributed by atoms with E-state index in [-0.39, 0.29) is 0 Å². The maximum absolute atomic E-state index is 12.4. The van der Waals surface area contributed by atoms with E-state index < -0.39 is 5.97 Å². The molecule has 0 radical (unpaired) electrons. The summed E-state index contributed by atoms with van der Waals surface area (Å²) in [6.45, 7) is 2.08. The fourth-order valence-corrected chi connectivity index (χ4v) is 4.86. The number of para-hydroxylation sites is 2. The van der Waals surface area contributed by atoms with Crippen LogP contribution in [-0.4, -0.2) is 17.6 Å². The highest BCUT2D eigenvalue weighted by molar-refractivity contribution is 7.23. The number of thiophene rings is 1. The minimum atomic E-state index is -0.413. The lowest BCUT2D eigenvalue weighted by Gasteiger charge is -2.06. The van der Waals surface area contributed by atoms with E-state index in [1.54, 1.807) is 18.3 Å². The summed E-state index contributed by atoms with van der Waals surface area (Å²) in [6, 6.07) is 17.7. The second-order valence-electron chi connectivity index (χ2n) is 5.75. The number of ether oxygens (including phenoxy) is 1. The predicted molar refractivity (Wildman–Crippen MR) is 113 cm³/mol. The quantitative estimate of drug-likeness (QED) is 0.435. The van der Waals surface area contributed by atoms with Crippen LogP contribution < -0.4 is 11.1 Å². The summed E-state index contributed by atoms with van der Waals surface area (Å²) >= 11 is 2.84. The number of nitrogens with one attached hydrogen (secondary N) is 1. The van der Waals surface area contributed by atoms with Gasteiger partial charge in [0.05, 0.1) is 28.1 Å². The van der Waals surface area contributed by atoms with Crippen LogP contribution in [0.2, 0.25) is 0 Å². The zero-order valence-electron chi connectivity index (χ0n) is 14.6. The van der Waals surface area contributed by atoms with Crippen LogP contribution in [0.5, 0.6) is 0 Å². The predicted octanol–water partition coefficient (Wildman–Crippen LogP) is 5.53. The third-order valence-electron chi connectivity index (χ3n) is 3.95. The second kappa shape index (κ2) is 7.38. The van der Waals surface area contributed by atoms with Crippen molar-refractivity contribution in [3.63, 3.8) is 0 Å². The Balaban J connectivity index is 1.85. The number of anilines is 3. The molecule has 0 saturated carbocycles. The van der Waals surface area contributed by atoms with Crippen LogP contribution in [0.25, 0.3) is 20.8 Å². The lowest BCUT2D eigenvalue weighted by molar-refractivity contribution is 0.0533. The number of hydrogen-bond acceptors (Lipinski definition) is 7. The molecule has 2 heterocycles. The van der Waals surface area contributed by atoms with E-state index in [4.69, 9.17) is 15.5 Å². The highest BCUT2D eigenvalue weighted by Gasteiger charge is 2.25. The Morgan fingerprint density at radius 2 is 1.85 bits per heavy atom. The number of nitrogens with two attached hydrogens (primary N) is 1. The van der Waals surface area contributed by atoms with Gasteiger partial charge in [-0.25, -0.2) is 9.78 Å². The van der Waals surface area contributed by atoms with Crippen LogP contribution in [0.4, 0.5) is 16.4 Å². The number of thiazole rings is 1. The van der Waals surface area contributed by atoms with Crippen molar-refractivity contribution in [1.82, 2.24) is 4.98 Å². The molecule has 7 heteroatoms. The van der Waals surface area contributed by atoms with Crippen molar-refractivity contribution in [3.8, 4) is 10.6 Å². The van der Waals surface area contributed by atoms with Gasteiger partial charge < -0.3 is 15.8 Å². The number of carbonyl (C=O) groups excluding carboxylic acids is 1. The van der Waals surface area contributed by atoms with Crippen LogP contribution >= 0.6 is 22.7 Å². The van der Waals surface area contributed by atoms with Gasteiger partial charge in [-0.1, -0.05) is 30.3 Å². The molecule has 0 atom stereocenters. The first-order valence-electron chi connectivity index (χ1n) is 8.44. The zero-order valence-corrected chi connectivity index (χ0v) is 16.2. The molecule has 0 aliphatic rings. The van der Waals surface area contributed by atoms with Gasteiger partial charge in [-0.3, -0.25) is 0 Å². The molecule has 0 fully saturated rings. The van der Waals surface area contributed by atoms with Crippen molar-refractivity contribution >= 4 is 55.2 Å². The first-order valence-corrected chi connectivity index (χ1v) is 10.1. The minimum Gasteiger partial charge on any atom is -0.462 e. The van der Waals surface area contributed by atoms with Crippen LogP contribution in [0.1, 0.15) is 16.6 Å². The molecule has 3 N–H and O–H groups in total. The Hall–Kier alpha value is -2.90. The first-order chi connectivity index (χ1) is 13.2. The molecule has 0 spiro atoms. The number of fused-ring (bicyclic) bond motifs is 1. The fourth-order valence-electron chi connectivity index (χ4n) is 2.72. The molecule has 0 unspecified atom stereocenters. The Morgan fingerprint density at radius 3 is 2.59 bits per heavy atom. The highest BCUT2D eigenvalue weighted by atomic mass is 32.1. The van der Waals surface area contributed by atoms with Gasteiger partial charge in [0.15, 0.2) is 0 Å². The molecule has 0 aliphatic carbocycles. The van der Waals surface area contributed by atoms with E-state index in [0.717, 1.165) is 31.5 Å². The summed E-state index contributed by atoms with van der Waals surface area (Å²) in [5, 5.41) is 4.93. The van der Waals surface area contributed by atoms with Crippen LogP contribution in [0.15, 0.2) is 54.6 Å². The van der Waals surface area contributed by atoms with Crippen LogP contribution in [0, 0.1) is 0 Å². The van der Waals surface area contributed by atoms with Gasteiger partial charge in [-0.15, -0.1) is 22.7 Å². The third-order valence-corrected chi connectivity index (χ3v) is 6.10. The number of esters is 1. The maximum atomic E-state index is 12.4. The van der Waals surface area contributed by atoms with Crippen LogP contribution in [0.3, 0.4) is 0 Å². The fraction of sp³-hybridized carbons (Fsp3) is 0.100. The number of hydrogen-bond donors (Lipinski definition) is 2. The third kappa shape index (κ3) is 3.39. The van der Waals surface area contributed by atoms with E-state index in [1.807, 2.05) is 54.6 Å². The van der Waals surface area contributed by atoms with Gasteiger partial charge in [0.25, 0.3) is 0 Å². The summed E-state index contributed by atoms with van der Waals surface area (Å²) in [4.78, 5) is 17.5. The van der Waals surface area contributed by atoms with Gasteiger partial charge in [-0.05, 0) is 31.2 Å². The van der Waals surface area contributed by atoms with Gasteiger partial charge in [-0.2, -0.15) is 0 Å². The first kappa shape index (κ1) is 17.5. The molecule has 2 aromatic heterocycles. The van der Waals surface area contributed by atoms with Gasteiger partial charge in [0.2, 0.25) is 0 Å². The number of nitrogens with zero attached hydrogens (tertiary/aromatic N) is 1. The molecule has 0 aliphatic heterocycles. The highest BCUT2D eigenvalue weighted by Crippen LogP contribution is 2.46. The number of benzene rings is 2. The molecule has 136 valence electrons. The summed E-state index contributed by atoms with van der Waals surface area (Å²) in [6.07, 6.45) is 0. The molecule has 4 aromatic rings. The van der Waals surface area contributed by atoms with E-state index in [9.17, 15) is 4.79 Å². The monoisotopic (exact) mass is 395 g/mol. The number of nitrogen functional groups attached to an aromatic ring is 1. The van der Waals surface area contributed by atoms with Crippen molar-refractivity contribution in [2.24, 2.45) is 0 Å². The minimum absolute atomic E-state index is 0.300. The smallest absolute Gasteiger partial charge is 0.350 e. The summed E-state index contributed by atoms with van der Waals surface area (Å²) in [7, 11) is 0. The largest absolute Gasteiger partial charge is 0.462 e. The van der Waals surface area contributed by atoms with Crippen LogP contribution in [-0.2, 0) is 4.74 Å². The summed E-state index contributed by atoms with van der Waals surface area (Å²) < 4.78 is 6.24. The second-order valence-corrected chi connectivity index (χ2v) is 7.80. The molecule has 2 aromatic carbocycles. The van der Waals surface area contributed by atoms with Crippen molar-refractivity contribution in [1.29, 1.82) is 0 Å². The average Bonchev–Trinajstić information content (AvgIpc) is 3.23. The Morgan fingerprint density at radius 1 is 1.11 bits per heavy atom. The van der Waals surface area contributed by atoms with Crippen molar-refractivity contribution in [2.75, 3.05) is 17.7 Å². The zero-order chi connectivity index (χ0) is 18.8. The number of rotatable bonds is 5. The summed E-state index contributed by atoms with van der Waals surface area (Å²) in [5.41, 5.74) is 9.34. The number of aromatic nitrogens is 1. The van der Waals surface area contributed by atoms with Gasteiger partial charge in [0.1, 0.15) is 14.9 Å². The molecule has 4 rings (SSSR count). The topological polar surface area (TPSA) is 77.2 Å². The lowest BCUT2D eigenvalue weighted by atomic mass is 10.2. The van der Waals surface area contributed by atoms with Crippen molar-refractivity contribution < 1.29 is 9.53 Å². The molecular weight excluding hydrogens is 378 g/mol. The normalized spacial score (nSPS) is 10.9. The van der Waals surface area contributed by atoms with E-state index in [1.165, 1.54) is 11.3 Å². The molecule has 27 heavy (non-hydrogen) atoms. The SMILES string of the molecule is CCOC(=O)c1sc(Nc2ccccc2)c(-c2nc3ccccc3s2)c1N. The Bertz CT molecular complexity index is 1070. The molecular formula is C20H17N3O2S2. The van der Waals surface area contributed by atoms with Gasteiger partial charge >= 0.3 is 5.97 Å². The molecule has 0 saturated heterocycles. The lowest BCUT2D eigenvalue weighted by Crippen LogP contribution is -2.05. The van der Waals surface area contributed by atoms with E-state index in [2.05, 4.69) is 5.32 Å². The Labute approximate surface area is 164 Å². The van der Waals surface area contributed by atoms with Crippen molar-refractivity contribution in [2.45, 2.75) is 6.92 Å². The van der Waals surface area contributed by atoms with E-state index >= 15 is 0 Å². The average molecular weight is 396 g/mol. The number of carbonyl (C=O) groups is 1. The maximum Gasteiger partial charge on any atom is 0.350 e.